The molecule has 1 amide bonds. The summed E-state index contributed by atoms with van der Waals surface area (Å²) in [6.45, 7) is 5.74. The normalized spacial score (nSPS) is 15.2. The minimum Gasteiger partial charge on any atom is -0.444 e. The van der Waals surface area contributed by atoms with Crippen LogP contribution in [0.3, 0.4) is 0 Å². The number of halogens is 3. The molecule has 0 heterocycles. The molecule has 0 radical (unpaired) electrons. The second kappa shape index (κ2) is 5.55. The molecule has 2 N–H and O–H groups in total. The maximum absolute atomic E-state index is 12.7. The molecule has 0 aromatic heterocycles. The Hall–Kier alpha value is -1.76. The van der Waals surface area contributed by atoms with Crippen LogP contribution in [0.1, 0.15) is 33.3 Å². The van der Waals surface area contributed by atoms with E-state index in [0.29, 0.717) is 6.92 Å². The topological polar surface area (TPSA) is 58.6 Å². The summed E-state index contributed by atoms with van der Waals surface area (Å²) >= 11 is 0. The molecular weight excluding hydrogens is 287 g/mol. The number of aliphatic hydroxyl groups is 1. The van der Waals surface area contributed by atoms with Crippen LogP contribution >= 0.6 is 0 Å². The van der Waals surface area contributed by atoms with Crippen LogP contribution in [0.4, 0.5) is 23.7 Å². The molecule has 118 valence electrons. The van der Waals surface area contributed by atoms with E-state index in [4.69, 9.17) is 4.74 Å². The molecule has 1 aromatic carbocycles. The Balaban J connectivity index is 2.82. The maximum Gasteiger partial charge on any atom is 0.421 e. The van der Waals surface area contributed by atoms with Gasteiger partial charge in [0.2, 0.25) is 0 Å². The van der Waals surface area contributed by atoms with E-state index >= 15 is 0 Å². The van der Waals surface area contributed by atoms with Crippen LogP contribution < -0.4 is 5.32 Å². The van der Waals surface area contributed by atoms with Gasteiger partial charge in [-0.05, 0) is 45.4 Å². The van der Waals surface area contributed by atoms with Gasteiger partial charge in [-0.15, -0.1) is 0 Å². The largest absolute Gasteiger partial charge is 0.444 e. The van der Waals surface area contributed by atoms with E-state index in [-0.39, 0.29) is 11.3 Å². The molecule has 1 atom stereocenters. The van der Waals surface area contributed by atoms with Gasteiger partial charge in [-0.2, -0.15) is 13.2 Å². The lowest BCUT2D eigenvalue weighted by Gasteiger charge is -2.26. The van der Waals surface area contributed by atoms with Crippen LogP contribution in [0.2, 0.25) is 0 Å². The van der Waals surface area contributed by atoms with Gasteiger partial charge in [0.05, 0.1) is 0 Å². The summed E-state index contributed by atoms with van der Waals surface area (Å²) in [5, 5.41) is 11.9. The van der Waals surface area contributed by atoms with Crippen molar-refractivity contribution in [2.24, 2.45) is 0 Å². The number of amides is 1. The lowest BCUT2D eigenvalue weighted by molar-refractivity contribution is -0.258. The molecule has 0 fully saturated rings. The molecule has 0 saturated heterocycles. The van der Waals surface area contributed by atoms with E-state index in [0.717, 1.165) is 12.1 Å². The third kappa shape index (κ3) is 4.63. The van der Waals surface area contributed by atoms with Crippen molar-refractivity contribution in [3.8, 4) is 0 Å². The van der Waals surface area contributed by atoms with E-state index in [1.54, 1.807) is 20.8 Å². The zero-order valence-corrected chi connectivity index (χ0v) is 12.2. The van der Waals surface area contributed by atoms with E-state index in [2.05, 4.69) is 5.32 Å². The van der Waals surface area contributed by atoms with Gasteiger partial charge in [0, 0.05) is 5.69 Å². The van der Waals surface area contributed by atoms with Gasteiger partial charge in [-0.3, -0.25) is 5.32 Å². The Morgan fingerprint density at radius 3 is 1.95 bits per heavy atom. The summed E-state index contributed by atoms with van der Waals surface area (Å²) in [7, 11) is 0. The van der Waals surface area contributed by atoms with Crippen LogP contribution in [0.15, 0.2) is 24.3 Å². The van der Waals surface area contributed by atoms with Crippen LogP contribution in [0.25, 0.3) is 0 Å². The van der Waals surface area contributed by atoms with Crippen molar-refractivity contribution < 1.29 is 27.8 Å². The average Bonchev–Trinajstić information content (AvgIpc) is 2.25. The molecule has 21 heavy (non-hydrogen) atoms. The number of hydrogen-bond donors (Lipinski definition) is 2. The number of ether oxygens (including phenoxy) is 1. The van der Waals surface area contributed by atoms with Crippen molar-refractivity contribution in [3.63, 3.8) is 0 Å². The summed E-state index contributed by atoms with van der Waals surface area (Å²) in [6.07, 6.45) is -5.49. The molecule has 1 rings (SSSR count). The smallest absolute Gasteiger partial charge is 0.421 e. The SMILES string of the molecule is CC(C)(C)OC(=O)Nc1ccc([C@](C)(O)C(F)(F)F)cc1. The first-order valence-electron chi connectivity index (χ1n) is 6.22. The molecule has 0 saturated carbocycles. The molecule has 0 aliphatic rings. The maximum atomic E-state index is 12.7. The molecule has 0 bridgehead atoms. The summed E-state index contributed by atoms with van der Waals surface area (Å²) in [5.41, 5.74) is -3.67. The van der Waals surface area contributed by atoms with Gasteiger partial charge < -0.3 is 9.84 Å². The molecule has 0 aliphatic heterocycles. The highest BCUT2D eigenvalue weighted by Gasteiger charge is 2.51. The van der Waals surface area contributed by atoms with Crippen molar-refractivity contribution in [2.75, 3.05) is 5.32 Å². The van der Waals surface area contributed by atoms with Crippen molar-refractivity contribution in [1.82, 2.24) is 0 Å². The molecule has 1 aromatic rings. The highest BCUT2D eigenvalue weighted by molar-refractivity contribution is 5.84. The van der Waals surface area contributed by atoms with E-state index in [1.807, 2.05) is 0 Å². The molecule has 4 nitrogen and oxygen atoms in total. The zero-order chi connectivity index (χ0) is 16.5. The predicted octanol–water partition coefficient (Wildman–Crippen LogP) is 3.80. The fourth-order valence-corrected chi connectivity index (χ4v) is 1.46. The Kier molecular flexibility index (Phi) is 4.57. The van der Waals surface area contributed by atoms with Gasteiger partial charge in [-0.1, -0.05) is 12.1 Å². The average molecular weight is 305 g/mol. The van der Waals surface area contributed by atoms with E-state index < -0.39 is 23.5 Å². The zero-order valence-electron chi connectivity index (χ0n) is 12.2. The van der Waals surface area contributed by atoms with Crippen molar-refractivity contribution in [2.45, 2.75) is 45.1 Å². The molecule has 0 spiro atoms. The molecule has 0 aliphatic carbocycles. The van der Waals surface area contributed by atoms with E-state index in [9.17, 15) is 23.1 Å². The predicted molar refractivity (Wildman–Crippen MR) is 71.9 cm³/mol. The van der Waals surface area contributed by atoms with Gasteiger partial charge in [0.1, 0.15) is 5.60 Å². The number of benzene rings is 1. The lowest BCUT2D eigenvalue weighted by Crippen LogP contribution is -2.39. The summed E-state index contributed by atoms with van der Waals surface area (Å²) in [5.74, 6) is 0. The number of hydrogen-bond acceptors (Lipinski definition) is 3. The van der Waals surface area contributed by atoms with Crippen LogP contribution in [-0.4, -0.2) is 23.0 Å². The third-order valence-corrected chi connectivity index (χ3v) is 2.64. The first kappa shape index (κ1) is 17.3. The van der Waals surface area contributed by atoms with Gasteiger partial charge in [0.25, 0.3) is 0 Å². The lowest BCUT2D eigenvalue weighted by atomic mass is 9.95. The molecular formula is C14H18F3NO3. The van der Waals surface area contributed by atoms with Gasteiger partial charge in [-0.25, -0.2) is 4.79 Å². The summed E-state index contributed by atoms with van der Waals surface area (Å²) in [4.78, 5) is 11.5. The van der Waals surface area contributed by atoms with Crippen molar-refractivity contribution in [1.29, 1.82) is 0 Å². The Bertz CT molecular complexity index is 502. The number of nitrogens with one attached hydrogen (secondary N) is 1. The van der Waals surface area contributed by atoms with Crippen LogP contribution in [0, 0.1) is 0 Å². The number of carbonyl (C=O) groups excluding carboxylic acids is 1. The highest BCUT2D eigenvalue weighted by atomic mass is 19.4. The second-order valence-corrected chi connectivity index (χ2v) is 5.77. The Labute approximate surface area is 120 Å². The van der Waals surface area contributed by atoms with Gasteiger partial charge in [0.15, 0.2) is 5.60 Å². The summed E-state index contributed by atoms with van der Waals surface area (Å²) in [6, 6.07) is 4.72. The highest BCUT2D eigenvalue weighted by Crippen LogP contribution is 2.38. The first-order chi connectivity index (χ1) is 9.33. The monoisotopic (exact) mass is 305 g/mol. The van der Waals surface area contributed by atoms with E-state index in [1.165, 1.54) is 12.1 Å². The second-order valence-electron chi connectivity index (χ2n) is 5.77. The van der Waals surface area contributed by atoms with Crippen molar-refractivity contribution >= 4 is 11.8 Å². The van der Waals surface area contributed by atoms with Crippen LogP contribution in [-0.2, 0) is 10.3 Å². The summed E-state index contributed by atoms with van der Waals surface area (Å²) < 4.78 is 43.0. The van der Waals surface area contributed by atoms with Crippen LogP contribution in [0.5, 0.6) is 0 Å². The molecule has 7 heteroatoms. The van der Waals surface area contributed by atoms with Crippen molar-refractivity contribution in [3.05, 3.63) is 29.8 Å². The quantitative estimate of drug-likeness (QED) is 0.873. The van der Waals surface area contributed by atoms with Gasteiger partial charge >= 0.3 is 12.3 Å². The minimum absolute atomic E-state index is 0.269. The number of rotatable bonds is 2. The molecule has 0 unspecified atom stereocenters. The Morgan fingerprint density at radius 2 is 1.57 bits per heavy atom. The standard InChI is InChI=1S/C14H18F3NO3/c1-12(2,3)21-11(19)18-10-7-5-9(6-8-10)13(4,20)14(15,16)17/h5-8,20H,1-4H3,(H,18,19)/t13-/m0/s1. The first-order valence-corrected chi connectivity index (χ1v) is 6.22. The Morgan fingerprint density at radius 1 is 1.10 bits per heavy atom. The fraction of sp³-hybridized carbons (Fsp3) is 0.500. The number of alkyl halides is 3. The fourth-order valence-electron chi connectivity index (χ4n) is 1.46. The third-order valence-electron chi connectivity index (χ3n) is 2.64. The number of carbonyl (C=O) groups is 1. The minimum atomic E-state index is -4.78. The number of anilines is 1.